The maximum Gasteiger partial charge on any atom is 0.328 e. The predicted molar refractivity (Wildman–Crippen MR) is 98.6 cm³/mol. The van der Waals surface area contributed by atoms with Crippen LogP contribution < -0.4 is 10.2 Å². The van der Waals surface area contributed by atoms with Crippen LogP contribution in [0.3, 0.4) is 0 Å². The monoisotopic (exact) mass is 353 g/mol. The van der Waals surface area contributed by atoms with Crippen LogP contribution in [0.4, 0.5) is 17.6 Å². The lowest BCUT2D eigenvalue weighted by atomic mass is 10.2. The first-order valence-electron chi connectivity index (χ1n) is 9.27. The Labute approximate surface area is 152 Å². The van der Waals surface area contributed by atoms with Gasteiger partial charge in [-0.3, -0.25) is 0 Å². The molecule has 1 atom stereocenters. The number of carbonyl (C=O) groups excluding carboxylic acids is 1. The topological polar surface area (TPSA) is 80.2 Å². The lowest BCUT2D eigenvalue weighted by Crippen LogP contribution is -2.38. The van der Waals surface area contributed by atoms with Crippen LogP contribution in [0.25, 0.3) is 0 Å². The number of ether oxygens (including phenoxy) is 1. The standard InChI is InChI=1S/C19H23N5O2/c1-2-26-18(25)15-9-6-12-24(15)19-21-14-8-5-7-13(14)17(23-19)22-16-10-3-4-11-20-16/h3-4,10-11,15H,2,5-9,12H2,1H3,(H,20,21,22,23)/t15-/m0/s1. The van der Waals surface area contributed by atoms with Crippen LogP contribution in [-0.2, 0) is 22.4 Å². The van der Waals surface area contributed by atoms with Crippen LogP contribution in [0, 0.1) is 0 Å². The van der Waals surface area contributed by atoms with Crippen LogP contribution in [0.5, 0.6) is 0 Å². The van der Waals surface area contributed by atoms with E-state index >= 15 is 0 Å². The normalized spacial score (nSPS) is 18.7. The molecule has 7 heteroatoms. The van der Waals surface area contributed by atoms with Gasteiger partial charge in [0.1, 0.15) is 17.7 Å². The van der Waals surface area contributed by atoms with Gasteiger partial charge < -0.3 is 15.0 Å². The van der Waals surface area contributed by atoms with E-state index in [1.54, 1.807) is 6.20 Å². The molecule has 0 spiro atoms. The SMILES string of the molecule is CCOC(=O)[C@@H]1CCCN1c1nc2c(c(Nc3ccccn3)n1)CCC2. The summed E-state index contributed by atoms with van der Waals surface area (Å²) in [6.45, 7) is 2.99. The van der Waals surface area contributed by atoms with Crippen molar-refractivity contribution in [3.63, 3.8) is 0 Å². The van der Waals surface area contributed by atoms with Crippen LogP contribution >= 0.6 is 0 Å². The second kappa shape index (κ2) is 7.27. The van der Waals surface area contributed by atoms with Gasteiger partial charge in [-0.2, -0.15) is 4.98 Å². The van der Waals surface area contributed by atoms with Crippen LogP contribution in [0.2, 0.25) is 0 Å². The van der Waals surface area contributed by atoms with Gasteiger partial charge in [0.25, 0.3) is 0 Å². The van der Waals surface area contributed by atoms with Crippen molar-refractivity contribution in [2.24, 2.45) is 0 Å². The summed E-state index contributed by atoms with van der Waals surface area (Å²) in [5.74, 6) is 1.98. The van der Waals surface area contributed by atoms with E-state index in [0.29, 0.717) is 12.6 Å². The molecule has 0 bridgehead atoms. The third kappa shape index (κ3) is 3.21. The summed E-state index contributed by atoms with van der Waals surface area (Å²) in [4.78, 5) is 28.2. The maximum atomic E-state index is 12.3. The van der Waals surface area contributed by atoms with Crippen molar-refractivity contribution in [1.29, 1.82) is 0 Å². The molecular weight excluding hydrogens is 330 g/mol. The highest BCUT2D eigenvalue weighted by Gasteiger charge is 2.34. The molecule has 0 saturated carbocycles. The molecule has 2 aliphatic rings. The number of pyridine rings is 1. The van der Waals surface area contributed by atoms with Gasteiger partial charge in [-0.15, -0.1) is 0 Å². The zero-order chi connectivity index (χ0) is 17.9. The highest BCUT2D eigenvalue weighted by Crippen LogP contribution is 2.32. The van der Waals surface area contributed by atoms with Crippen molar-refractivity contribution in [3.8, 4) is 0 Å². The fourth-order valence-electron chi connectivity index (χ4n) is 3.70. The van der Waals surface area contributed by atoms with E-state index in [1.807, 2.05) is 30.0 Å². The average molecular weight is 353 g/mol. The number of aryl methyl sites for hydroxylation is 1. The van der Waals surface area contributed by atoms with Gasteiger partial charge in [0.05, 0.1) is 12.3 Å². The number of hydrogen-bond donors (Lipinski definition) is 1. The summed E-state index contributed by atoms with van der Waals surface area (Å²) in [6.07, 6.45) is 6.45. The number of aromatic nitrogens is 3. The molecule has 0 aromatic carbocycles. The Bertz CT molecular complexity index is 796. The minimum Gasteiger partial charge on any atom is -0.464 e. The van der Waals surface area contributed by atoms with Crippen molar-refractivity contribution < 1.29 is 9.53 Å². The molecule has 1 N–H and O–H groups in total. The zero-order valence-electron chi connectivity index (χ0n) is 14.9. The van der Waals surface area contributed by atoms with Gasteiger partial charge in [0, 0.05) is 18.3 Å². The molecule has 2 aromatic heterocycles. The Morgan fingerprint density at radius 3 is 3.04 bits per heavy atom. The van der Waals surface area contributed by atoms with E-state index in [1.165, 1.54) is 0 Å². The second-order valence-corrected chi connectivity index (χ2v) is 6.59. The van der Waals surface area contributed by atoms with Gasteiger partial charge in [-0.05, 0) is 51.2 Å². The highest BCUT2D eigenvalue weighted by molar-refractivity contribution is 5.80. The first-order chi connectivity index (χ1) is 12.8. The molecule has 4 rings (SSSR count). The van der Waals surface area contributed by atoms with E-state index in [9.17, 15) is 4.79 Å². The fourth-order valence-corrected chi connectivity index (χ4v) is 3.70. The summed E-state index contributed by atoms with van der Waals surface area (Å²) < 4.78 is 5.23. The van der Waals surface area contributed by atoms with Crippen LogP contribution in [-0.4, -0.2) is 40.1 Å². The number of hydrogen-bond acceptors (Lipinski definition) is 7. The molecule has 0 radical (unpaired) electrons. The lowest BCUT2D eigenvalue weighted by Gasteiger charge is -2.24. The minimum absolute atomic E-state index is 0.187. The summed E-state index contributed by atoms with van der Waals surface area (Å²) in [7, 11) is 0. The van der Waals surface area contributed by atoms with Crippen molar-refractivity contribution in [2.45, 2.75) is 45.1 Å². The molecule has 1 saturated heterocycles. The van der Waals surface area contributed by atoms with Gasteiger partial charge in [-0.25, -0.2) is 14.8 Å². The Morgan fingerprint density at radius 2 is 2.23 bits per heavy atom. The fraction of sp³-hybridized carbons (Fsp3) is 0.474. The number of anilines is 3. The Balaban J connectivity index is 1.67. The van der Waals surface area contributed by atoms with Gasteiger partial charge in [0.2, 0.25) is 5.95 Å². The Hall–Kier alpha value is -2.70. The third-order valence-electron chi connectivity index (χ3n) is 4.90. The number of nitrogens with zero attached hydrogens (tertiary/aromatic N) is 4. The second-order valence-electron chi connectivity index (χ2n) is 6.59. The molecule has 1 aliphatic heterocycles. The van der Waals surface area contributed by atoms with E-state index in [2.05, 4.69) is 10.3 Å². The van der Waals surface area contributed by atoms with Crippen LogP contribution in [0.15, 0.2) is 24.4 Å². The number of rotatable bonds is 5. The number of esters is 1. The quantitative estimate of drug-likeness (QED) is 0.828. The molecule has 2 aromatic rings. The molecule has 0 unspecified atom stereocenters. The van der Waals surface area contributed by atoms with Crippen molar-refractivity contribution in [1.82, 2.24) is 15.0 Å². The summed E-state index contributed by atoms with van der Waals surface area (Å²) >= 11 is 0. The Morgan fingerprint density at radius 1 is 1.31 bits per heavy atom. The molecule has 0 amide bonds. The zero-order valence-corrected chi connectivity index (χ0v) is 14.9. The minimum atomic E-state index is -0.294. The molecule has 26 heavy (non-hydrogen) atoms. The largest absolute Gasteiger partial charge is 0.464 e. The summed E-state index contributed by atoms with van der Waals surface area (Å²) in [6, 6.07) is 5.45. The Kier molecular flexibility index (Phi) is 4.69. The van der Waals surface area contributed by atoms with Crippen molar-refractivity contribution in [2.75, 3.05) is 23.4 Å². The maximum absolute atomic E-state index is 12.3. The van der Waals surface area contributed by atoms with E-state index < -0.39 is 0 Å². The van der Waals surface area contributed by atoms with Gasteiger partial charge in [-0.1, -0.05) is 6.07 Å². The van der Waals surface area contributed by atoms with Crippen molar-refractivity contribution >= 4 is 23.6 Å². The molecule has 1 fully saturated rings. The van der Waals surface area contributed by atoms with Crippen molar-refractivity contribution in [3.05, 3.63) is 35.7 Å². The summed E-state index contributed by atoms with van der Waals surface area (Å²) in [5.41, 5.74) is 2.23. The first kappa shape index (κ1) is 16.8. The average Bonchev–Trinajstić information content (AvgIpc) is 3.32. The van der Waals surface area contributed by atoms with E-state index in [4.69, 9.17) is 14.7 Å². The van der Waals surface area contributed by atoms with Crippen LogP contribution in [0.1, 0.15) is 37.4 Å². The first-order valence-corrected chi connectivity index (χ1v) is 9.27. The molecular formula is C19H23N5O2. The number of carbonyl (C=O) groups is 1. The number of fused-ring (bicyclic) bond motifs is 1. The molecule has 7 nitrogen and oxygen atoms in total. The predicted octanol–water partition coefficient (Wildman–Crippen LogP) is 2.64. The van der Waals surface area contributed by atoms with E-state index in [0.717, 1.165) is 61.5 Å². The van der Waals surface area contributed by atoms with Gasteiger partial charge in [0.15, 0.2) is 0 Å². The molecule has 3 heterocycles. The van der Waals surface area contributed by atoms with Gasteiger partial charge >= 0.3 is 5.97 Å². The third-order valence-corrected chi connectivity index (χ3v) is 4.90. The lowest BCUT2D eigenvalue weighted by molar-refractivity contribution is -0.144. The molecule has 136 valence electrons. The summed E-state index contributed by atoms with van der Waals surface area (Å²) in [5, 5.41) is 3.33. The number of nitrogens with one attached hydrogen (secondary N) is 1. The molecule has 1 aliphatic carbocycles. The highest BCUT2D eigenvalue weighted by atomic mass is 16.5. The smallest absolute Gasteiger partial charge is 0.328 e. The van der Waals surface area contributed by atoms with E-state index in [-0.39, 0.29) is 12.0 Å².